The zero-order valence-corrected chi connectivity index (χ0v) is 16.7. The van der Waals surface area contributed by atoms with Crippen molar-refractivity contribution in [3.8, 4) is 0 Å². The summed E-state index contributed by atoms with van der Waals surface area (Å²) in [6.45, 7) is 10.3. The number of aromatic nitrogens is 2. The lowest BCUT2D eigenvalue weighted by atomic mass is 9.64. The third-order valence-electron chi connectivity index (χ3n) is 6.93. The van der Waals surface area contributed by atoms with Crippen LogP contribution in [0.15, 0.2) is 12.5 Å². The normalized spacial score (nSPS) is 31.6. The van der Waals surface area contributed by atoms with Crippen molar-refractivity contribution in [1.29, 1.82) is 0 Å². The fourth-order valence-corrected chi connectivity index (χ4v) is 5.11. The fraction of sp³-hybridized carbons (Fsp3) is 0.810. The minimum atomic E-state index is -0.614. The van der Waals surface area contributed by atoms with E-state index >= 15 is 0 Å². The summed E-state index contributed by atoms with van der Waals surface area (Å²) in [5, 5.41) is 9.86. The van der Waals surface area contributed by atoms with E-state index in [2.05, 4.69) is 36.5 Å². The van der Waals surface area contributed by atoms with Gasteiger partial charge < -0.3 is 14.6 Å². The van der Waals surface area contributed by atoms with Crippen molar-refractivity contribution in [2.24, 2.45) is 11.3 Å². The van der Waals surface area contributed by atoms with Crippen molar-refractivity contribution < 1.29 is 9.90 Å². The number of rotatable bonds is 2. The molecule has 0 bridgehead atoms. The van der Waals surface area contributed by atoms with Gasteiger partial charge in [-0.2, -0.15) is 0 Å². The Hall–Kier alpha value is -1.36. The molecule has 2 heterocycles. The molecule has 5 heteroatoms. The molecule has 1 N–H and O–H groups in total. The quantitative estimate of drug-likeness (QED) is 0.881. The molecular formula is C21H33N3O2. The number of hydrogen-bond donors (Lipinski definition) is 1. The van der Waals surface area contributed by atoms with Gasteiger partial charge in [0.25, 0.3) is 0 Å². The van der Waals surface area contributed by atoms with E-state index in [1.54, 1.807) is 0 Å². The highest BCUT2D eigenvalue weighted by atomic mass is 16.3. The molecule has 0 unspecified atom stereocenters. The Bertz CT molecular complexity index is 676. The van der Waals surface area contributed by atoms with Gasteiger partial charge in [0.15, 0.2) is 0 Å². The van der Waals surface area contributed by atoms with Crippen molar-refractivity contribution in [2.45, 2.75) is 83.3 Å². The second-order valence-electron chi connectivity index (χ2n) is 10.4. The van der Waals surface area contributed by atoms with Gasteiger partial charge in [0.2, 0.25) is 5.91 Å². The van der Waals surface area contributed by atoms with Crippen LogP contribution in [0.1, 0.15) is 77.8 Å². The first-order valence-corrected chi connectivity index (χ1v) is 10.1. The Morgan fingerprint density at radius 1 is 1.23 bits per heavy atom. The van der Waals surface area contributed by atoms with Crippen LogP contribution in [-0.4, -0.2) is 44.2 Å². The molecule has 1 spiro atoms. The molecule has 1 aromatic rings. The Labute approximate surface area is 156 Å². The largest absolute Gasteiger partial charge is 0.390 e. The summed E-state index contributed by atoms with van der Waals surface area (Å²) in [5.74, 6) is 0.893. The third-order valence-corrected chi connectivity index (χ3v) is 6.93. The molecule has 4 rings (SSSR count). The van der Waals surface area contributed by atoms with Gasteiger partial charge in [-0.1, -0.05) is 0 Å². The van der Waals surface area contributed by atoms with E-state index in [1.165, 1.54) is 31.4 Å². The lowest BCUT2D eigenvalue weighted by Crippen LogP contribution is -2.62. The summed E-state index contributed by atoms with van der Waals surface area (Å²) < 4.78 is 2.21. The fourth-order valence-electron chi connectivity index (χ4n) is 5.11. The van der Waals surface area contributed by atoms with E-state index in [0.29, 0.717) is 24.2 Å². The first kappa shape index (κ1) is 18.0. The highest BCUT2D eigenvalue weighted by molar-refractivity contribution is 5.81. The number of likely N-dealkylation sites (tertiary alicyclic amines) is 1. The molecule has 1 saturated heterocycles. The maximum absolute atomic E-state index is 12.5. The van der Waals surface area contributed by atoms with Gasteiger partial charge in [0.1, 0.15) is 0 Å². The van der Waals surface area contributed by atoms with Gasteiger partial charge >= 0.3 is 0 Å². The predicted octanol–water partition coefficient (Wildman–Crippen LogP) is 3.29. The minimum Gasteiger partial charge on any atom is -0.390 e. The van der Waals surface area contributed by atoms with E-state index < -0.39 is 5.60 Å². The first-order chi connectivity index (χ1) is 12.1. The lowest BCUT2D eigenvalue weighted by Gasteiger charge is -2.55. The zero-order valence-electron chi connectivity index (χ0n) is 16.7. The van der Waals surface area contributed by atoms with Crippen molar-refractivity contribution in [3.63, 3.8) is 0 Å². The van der Waals surface area contributed by atoms with Crippen molar-refractivity contribution in [2.75, 3.05) is 13.1 Å². The predicted molar refractivity (Wildman–Crippen MR) is 101 cm³/mol. The number of hydrogen-bond acceptors (Lipinski definition) is 3. The van der Waals surface area contributed by atoms with Crippen LogP contribution in [0.2, 0.25) is 0 Å². The molecule has 5 nitrogen and oxygen atoms in total. The number of aliphatic hydroxyl groups is 1. The number of carbonyl (C=O) groups excluding carboxylic acids is 1. The summed E-state index contributed by atoms with van der Waals surface area (Å²) in [7, 11) is 0. The van der Waals surface area contributed by atoms with Gasteiger partial charge in [0.05, 0.1) is 17.6 Å². The zero-order chi connectivity index (χ0) is 18.7. The number of imidazole rings is 1. The van der Waals surface area contributed by atoms with Crippen LogP contribution < -0.4 is 0 Å². The van der Waals surface area contributed by atoms with Crippen molar-refractivity contribution >= 4 is 5.91 Å². The number of nitrogens with zero attached hydrogens (tertiary/aromatic N) is 3. The molecule has 2 aliphatic carbocycles. The molecule has 1 amide bonds. The molecule has 26 heavy (non-hydrogen) atoms. The van der Waals surface area contributed by atoms with Gasteiger partial charge in [-0.25, -0.2) is 4.98 Å². The topological polar surface area (TPSA) is 58.4 Å². The SMILES string of the molecule is CC(C)(C)n1cnc(C2CCC3(CC2)CN(C(=O)[C@H]2C[C@@](C)(O)C2)C3)c1. The minimum absolute atomic E-state index is 0.0556. The molecule has 0 aromatic carbocycles. The summed E-state index contributed by atoms with van der Waals surface area (Å²) in [6.07, 6.45) is 10.2. The summed E-state index contributed by atoms with van der Waals surface area (Å²) in [4.78, 5) is 19.2. The lowest BCUT2D eigenvalue weighted by molar-refractivity contribution is -0.163. The van der Waals surface area contributed by atoms with E-state index in [0.717, 1.165) is 13.1 Å². The molecule has 1 aromatic heterocycles. The van der Waals surface area contributed by atoms with E-state index in [-0.39, 0.29) is 17.4 Å². The smallest absolute Gasteiger partial charge is 0.225 e. The highest BCUT2D eigenvalue weighted by Crippen LogP contribution is 2.49. The van der Waals surface area contributed by atoms with Gasteiger partial charge in [-0.05, 0) is 66.2 Å². The van der Waals surface area contributed by atoms with Crippen LogP contribution >= 0.6 is 0 Å². The molecule has 0 radical (unpaired) electrons. The first-order valence-electron chi connectivity index (χ1n) is 10.1. The van der Waals surface area contributed by atoms with Crippen LogP contribution in [0.3, 0.4) is 0 Å². The number of amides is 1. The standard InChI is InChI=1S/C21H33N3O2/c1-19(2,3)24-11-17(22-14-24)15-5-7-21(8-6-15)12-23(13-21)18(25)16-9-20(4,26)10-16/h11,14-16,26H,5-10,12-13H2,1-4H3/t16-,20+. The van der Waals surface area contributed by atoms with Gasteiger partial charge in [-0.15, -0.1) is 0 Å². The van der Waals surface area contributed by atoms with Gasteiger partial charge in [-0.3, -0.25) is 4.79 Å². The molecule has 2 saturated carbocycles. The van der Waals surface area contributed by atoms with Crippen LogP contribution in [0.4, 0.5) is 0 Å². The maximum atomic E-state index is 12.5. The Kier molecular flexibility index (Phi) is 4.03. The van der Waals surface area contributed by atoms with Crippen LogP contribution in [0, 0.1) is 11.3 Å². The Balaban J connectivity index is 1.28. The van der Waals surface area contributed by atoms with Crippen LogP contribution in [0.25, 0.3) is 0 Å². The molecule has 3 aliphatic rings. The molecular weight excluding hydrogens is 326 g/mol. The van der Waals surface area contributed by atoms with Gasteiger partial charge in [0, 0.05) is 42.1 Å². The number of carbonyl (C=O) groups is 1. The average molecular weight is 360 g/mol. The summed E-state index contributed by atoms with van der Waals surface area (Å²) in [5.41, 5.74) is 1.06. The molecule has 3 fully saturated rings. The maximum Gasteiger partial charge on any atom is 0.225 e. The second-order valence-corrected chi connectivity index (χ2v) is 10.4. The molecule has 0 atom stereocenters. The molecule has 144 valence electrons. The average Bonchev–Trinajstić information content (AvgIpc) is 3.00. The van der Waals surface area contributed by atoms with E-state index in [9.17, 15) is 9.90 Å². The van der Waals surface area contributed by atoms with Crippen LogP contribution in [-0.2, 0) is 10.3 Å². The van der Waals surface area contributed by atoms with Crippen molar-refractivity contribution in [1.82, 2.24) is 14.5 Å². The van der Waals surface area contributed by atoms with E-state index in [4.69, 9.17) is 0 Å². The molecule has 1 aliphatic heterocycles. The third kappa shape index (κ3) is 3.19. The second kappa shape index (κ2) is 5.82. The van der Waals surface area contributed by atoms with Crippen LogP contribution in [0.5, 0.6) is 0 Å². The monoisotopic (exact) mass is 359 g/mol. The Morgan fingerprint density at radius 3 is 2.35 bits per heavy atom. The highest BCUT2D eigenvalue weighted by Gasteiger charge is 2.51. The Morgan fingerprint density at radius 2 is 1.85 bits per heavy atom. The van der Waals surface area contributed by atoms with Crippen molar-refractivity contribution in [3.05, 3.63) is 18.2 Å². The summed E-state index contributed by atoms with van der Waals surface area (Å²) in [6, 6.07) is 0. The van der Waals surface area contributed by atoms with E-state index in [1.807, 2.05) is 18.2 Å². The summed E-state index contributed by atoms with van der Waals surface area (Å²) >= 11 is 0.